The predicted octanol–water partition coefficient (Wildman–Crippen LogP) is 1.28. The second-order valence-corrected chi connectivity index (χ2v) is 3.54. The van der Waals surface area contributed by atoms with Gasteiger partial charge in [-0.1, -0.05) is 13.8 Å². The second-order valence-electron chi connectivity index (χ2n) is 3.54. The molecule has 0 spiro atoms. The SMILES string of the molecule is CC.CN(C)CCN(C)CCCCO. The highest BCUT2D eigenvalue weighted by molar-refractivity contribution is 4.53. The zero-order valence-corrected chi connectivity index (χ0v) is 10.6. The fourth-order valence-corrected chi connectivity index (χ4v) is 0.976. The van der Waals surface area contributed by atoms with Crippen molar-refractivity contribution in [2.75, 3.05) is 47.4 Å². The van der Waals surface area contributed by atoms with E-state index >= 15 is 0 Å². The minimum absolute atomic E-state index is 0.321. The summed E-state index contributed by atoms with van der Waals surface area (Å²) in [6.45, 7) is 7.63. The van der Waals surface area contributed by atoms with Gasteiger partial charge < -0.3 is 14.9 Å². The highest BCUT2D eigenvalue weighted by Gasteiger charge is 1.97. The number of likely N-dealkylation sites (N-methyl/N-ethyl adjacent to an activating group) is 2. The van der Waals surface area contributed by atoms with Crippen LogP contribution < -0.4 is 0 Å². The highest BCUT2D eigenvalue weighted by Crippen LogP contribution is 1.91. The molecular weight excluding hydrogens is 176 g/mol. The van der Waals surface area contributed by atoms with Crippen molar-refractivity contribution >= 4 is 0 Å². The molecule has 1 N–H and O–H groups in total. The lowest BCUT2D eigenvalue weighted by molar-refractivity contribution is 0.250. The minimum Gasteiger partial charge on any atom is -0.396 e. The van der Waals surface area contributed by atoms with E-state index in [1.165, 1.54) is 0 Å². The number of aliphatic hydroxyl groups is 1. The average molecular weight is 204 g/mol. The van der Waals surface area contributed by atoms with Crippen LogP contribution in [-0.2, 0) is 0 Å². The van der Waals surface area contributed by atoms with E-state index in [4.69, 9.17) is 5.11 Å². The molecule has 0 saturated carbocycles. The first-order valence-corrected chi connectivity index (χ1v) is 5.61. The Morgan fingerprint density at radius 2 is 1.43 bits per heavy atom. The Morgan fingerprint density at radius 3 is 1.86 bits per heavy atom. The first-order valence-electron chi connectivity index (χ1n) is 5.61. The number of rotatable bonds is 7. The monoisotopic (exact) mass is 204 g/mol. The van der Waals surface area contributed by atoms with Crippen molar-refractivity contribution in [3.8, 4) is 0 Å². The van der Waals surface area contributed by atoms with Gasteiger partial charge in [-0.25, -0.2) is 0 Å². The van der Waals surface area contributed by atoms with E-state index in [0.717, 1.165) is 32.5 Å². The lowest BCUT2D eigenvalue weighted by atomic mass is 10.3. The van der Waals surface area contributed by atoms with Crippen LogP contribution in [0.15, 0.2) is 0 Å². The second kappa shape index (κ2) is 12.9. The van der Waals surface area contributed by atoms with Crippen LogP contribution in [0.4, 0.5) is 0 Å². The molecule has 3 heteroatoms. The lowest BCUT2D eigenvalue weighted by Gasteiger charge is -2.18. The molecule has 3 nitrogen and oxygen atoms in total. The van der Waals surface area contributed by atoms with Crippen LogP contribution in [0.1, 0.15) is 26.7 Å². The van der Waals surface area contributed by atoms with Crippen LogP contribution in [0.3, 0.4) is 0 Å². The van der Waals surface area contributed by atoms with Crippen LogP contribution in [0.5, 0.6) is 0 Å². The number of nitrogens with zero attached hydrogens (tertiary/aromatic N) is 2. The van der Waals surface area contributed by atoms with E-state index in [-0.39, 0.29) is 0 Å². The fourth-order valence-electron chi connectivity index (χ4n) is 0.976. The summed E-state index contributed by atoms with van der Waals surface area (Å²) < 4.78 is 0. The number of hydrogen-bond acceptors (Lipinski definition) is 3. The maximum absolute atomic E-state index is 8.57. The van der Waals surface area contributed by atoms with Gasteiger partial charge in [0.05, 0.1) is 0 Å². The normalized spacial score (nSPS) is 10.3. The van der Waals surface area contributed by atoms with E-state index in [0.29, 0.717) is 6.61 Å². The van der Waals surface area contributed by atoms with Gasteiger partial charge >= 0.3 is 0 Å². The van der Waals surface area contributed by atoms with Gasteiger partial charge in [0.15, 0.2) is 0 Å². The van der Waals surface area contributed by atoms with Crippen molar-refractivity contribution in [2.24, 2.45) is 0 Å². The van der Waals surface area contributed by atoms with E-state index in [9.17, 15) is 0 Å². The van der Waals surface area contributed by atoms with Gasteiger partial charge in [0.2, 0.25) is 0 Å². The minimum atomic E-state index is 0.321. The van der Waals surface area contributed by atoms with E-state index in [2.05, 4.69) is 30.9 Å². The molecule has 0 unspecified atom stereocenters. The zero-order chi connectivity index (χ0) is 11.4. The Morgan fingerprint density at radius 1 is 0.857 bits per heavy atom. The molecular formula is C11H28N2O. The third-order valence-corrected chi connectivity index (χ3v) is 1.88. The third-order valence-electron chi connectivity index (χ3n) is 1.88. The maximum Gasteiger partial charge on any atom is 0.0431 e. The van der Waals surface area contributed by atoms with Crippen LogP contribution in [0.25, 0.3) is 0 Å². The lowest BCUT2D eigenvalue weighted by Crippen LogP contribution is -2.29. The van der Waals surface area contributed by atoms with Crippen molar-refractivity contribution in [1.29, 1.82) is 0 Å². The molecule has 0 aliphatic heterocycles. The third kappa shape index (κ3) is 14.4. The van der Waals surface area contributed by atoms with Crippen molar-refractivity contribution < 1.29 is 5.11 Å². The number of unbranched alkanes of at least 4 members (excludes halogenated alkanes) is 1. The van der Waals surface area contributed by atoms with Gasteiger partial charge in [-0.05, 0) is 40.5 Å². The first-order chi connectivity index (χ1) is 6.66. The molecule has 0 aromatic heterocycles. The number of hydrogen-bond donors (Lipinski definition) is 1. The number of aliphatic hydroxyl groups excluding tert-OH is 1. The molecule has 0 aromatic carbocycles. The van der Waals surface area contributed by atoms with Crippen molar-refractivity contribution in [3.05, 3.63) is 0 Å². The topological polar surface area (TPSA) is 26.7 Å². The Labute approximate surface area is 89.7 Å². The summed E-state index contributed by atoms with van der Waals surface area (Å²) in [6, 6.07) is 0. The molecule has 0 aromatic rings. The summed E-state index contributed by atoms with van der Waals surface area (Å²) in [5.41, 5.74) is 0. The molecule has 0 radical (unpaired) electrons. The molecule has 0 amide bonds. The van der Waals surface area contributed by atoms with Gasteiger partial charge in [-0.3, -0.25) is 0 Å². The largest absolute Gasteiger partial charge is 0.396 e. The maximum atomic E-state index is 8.57. The molecule has 0 rings (SSSR count). The van der Waals surface area contributed by atoms with Gasteiger partial charge in [-0.2, -0.15) is 0 Å². The predicted molar refractivity (Wildman–Crippen MR) is 63.7 cm³/mol. The van der Waals surface area contributed by atoms with Crippen molar-refractivity contribution in [1.82, 2.24) is 9.80 Å². The fraction of sp³-hybridized carbons (Fsp3) is 1.00. The van der Waals surface area contributed by atoms with E-state index in [1.807, 2.05) is 13.8 Å². The van der Waals surface area contributed by atoms with Gasteiger partial charge in [0.25, 0.3) is 0 Å². The molecule has 0 heterocycles. The van der Waals surface area contributed by atoms with Gasteiger partial charge in [0, 0.05) is 19.7 Å². The highest BCUT2D eigenvalue weighted by atomic mass is 16.2. The van der Waals surface area contributed by atoms with Crippen LogP contribution >= 0.6 is 0 Å². The summed E-state index contributed by atoms with van der Waals surface area (Å²) in [5, 5.41) is 8.57. The van der Waals surface area contributed by atoms with E-state index in [1.54, 1.807) is 0 Å². The molecule has 14 heavy (non-hydrogen) atoms. The van der Waals surface area contributed by atoms with Crippen molar-refractivity contribution in [2.45, 2.75) is 26.7 Å². The molecule has 0 aliphatic rings. The first kappa shape index (κ1) is 16.3. The van der Waals surface area contributed by atoms with E-state index < -0.39 is 0 Å². The summed E-state index contributed by atoms with van der Waals surface area (Å²) in [4.78, 5) is 4.48. The van der Waals surface area contributed by atoms with Crippen LogP contribution in [-0.4, -0.2) is 62.3 Å². The molecule has 0 aliphatic carbocycles. The Hall–Kier alpha value is -0.120. The quantitative estimate of drug-likeness (QED) is 0.633. The smallest absolute Gasteiger partial charge is 0.0431 e. The molecule has 0 atom stereocenters. The summed E-state index contributed by atoms with van der Waals surface area (Å²) in [6.07, 6.45) is 2.02. The average Bonchev–Trinajstić information content (AvgIpc) is 2.18. The zero-order valence-electron chi connectivity index (χ0n) is 10.6. The molecule has 0 fully saturated rings. The van der Waals surface area contributed by atoms with Crippen molar-refractivity contribution in [3.63, 3.8) is 0 Å². The van der Waals surface area contributed by atoms with Gasteiger partial charge in [0.1, 0.15) is 0 Å². The van der Waals surface area contributed by atoms with Crippen LogP contribution in [0, 0.1) is 0 Å². The van der Waals surface area contributed by atoms with Gasteiger partial charge in [-0.15, -0.1) is 0 Å². The molecule has 88 valence electrons. The molecule has 0 saturated heterocycles. The standard InChI is InChI=1S/C9H22N2O.C2H6/c1-10(2)7-8-11(3)6-4-5-9-12;1-2/h12H,4-9H2,1-3H3;1-2H3. The summed E-state index contributed by atoms with van der Waals surface area (Å²) >= 11 is 0. The Bertz CT molecular complexity index is 97.3. The molecule has 0 bridgehead atoms. The Balaban J connectivity index is 0. The Kier molecular flexibility index (Phi) is 15.0. The summed E-state index contributed by atoms with van der Waals surface area (Å²) in [5.74, 6) is 0. The summed E-state index contributed by atoms with van der Waals surface area (Å²) in [7, 11) is 6.30. The van der Waals surface area contributed by atoms with Crippen LogP contribution in [0.2, 0.25) is 0 Å².